The molecule has 0 aliphatic heterocycles. The maximum absolute atomic E-state index is 13.0. The van der Waals surface area contributed by atoms with Gasteiger partial charge in [-0.1, -0.05) is 18.2 Å². The van der Waals surface area contributed by atoms with Crippen LogP contribution in [-0.4, -0.2) is 31.7 Å². The van der Waals surface area contributed by atoms with E-state index in [1.807, 2.05) is 66.0 Å². The molecule has 1 N–H and O–H groups in total. The number of rotatable bonds is 5. The monoisotopic (exact) mass is 375 g/mol. The molecule has 1 fully saturated rings. The van der Waals surface area contributed by atoms with Gasteiger partial charge in [0, 0.05) is 41.8 Å². The summed E-state index contributed by atoms with van der Waals surface area (Å²) in [5, 5.41) is 7.55. The summed E-state index contributed by atoms with van der Waals surface area (Å²) < 4.78 is 1.88. The Kier molecular flexibility index (Phi) is 4.86. The number of amides is 2. The lowest BCUT2D eigenvalue weighted by molar-refractivity contribution is 0.206. The summed E-state index contributed by atoms with van der Waals surface area (Å²) in [4.78, 5) is 19.4. The van der Waals surface area contributed by atoms with E-state index in [0.717, 1.165) is 46.7 Å². The minimum absolute atomic E-state index is 0.0664. The number of aromatic nitrogens is 3. The third kappa shape index (κ3) is 3.76. The Labute approximate surface area is 165 Å². The van der Waals surface area contributed by atoms with E-state index in [0.29, 0.717) is 12.6 Å². The molecule has 1 saturated carbocycles. The number of nitrogens with one attached hydrogen (secondary N) is 1. The van der Waals surface area contributed by atoms with Crippen molar-refractivity contribution in [3.63, 3.8) is 0 Å². The van der Waals surface area contributed by atoms with Gasteiger partial charge >= 0.3 is 6.03 Å². The zero-order chi connectivity index (χ0) is 19.7. The smallest absolute Gasteiger partial charge is 0.317 e. The number of benzene rings is 1. The van der Waals surface area contributed by atoms with Crippen LogP contribution in [0, 0.1) is 13.8 Å². The van der Waals surface area contributed by atoms with Crippen LogP contribution in [0.5, 0.6) is 0 Å². The molecule has 0 spiro atoms. The first-order valence-electron chi connectivity index (χ1n) is 9.61. The molecule has 2 amide bonds. The SMILES string of the molecule is Cc1nn(C)c(C)c1CN(C(=O)Nc1cccc(-c2ccccn2)c1)C1CC1. The van der Waals surface area contributed by atoms with Crippen molar-refractivity contribution >= 4 is 11.7 Å². The van der Waals surface area contributed by atoms with Crippen LogP contribution in [0.4, 0.5) is 10.5 Å². The molecule has 1 aromatic carbocycles. The second kappa shape index (κ2) is 7.46. The molecule has 0 bridgehead atoms. The number of aryl methyl sites for hydroxylation is 2. The van der Waals surface area contributed by atoms with E-state index in [2.05, 4.69) is 22.3 Å². The van der Waals surface area contributed by atoms with Crippen molar-refractivity contribution in [3.8, 4) is 11.3 Å². The normalized spacial score (nSPS) is 13.4. The first-order valence-corrected chi connectivity index (χ1v) is 9.61. The molecule has 0 atom stereocenters. The fourth-order valence-corrected chi connectivity index (χ4v) is 3.45. The van der Waals surface area contributed by atoms with Gasteiger partial charge < -0.3 is 10.2 Å². The maximum Gasteiger partial charge on any atom is 0.322 e. The predicted octanol–water partition coefficient (Wildman–Crippen LogP) is 4.30. The van der Waals surface area contributed by atoms with E-state index in [1.165, 1.54) is 0 Å². The van der Waals surface area contributed by atoms with Gasteiger partial charge in [0.15, 0.2) is 0 Å². The molecule has 2 aromatic heterocycles. The Balaban J connectivity index is 1.53. The Hall–Kier alpha value is -3.15. The van der Waals surface area contributed by atoms with Crippen LogP contribution < -0.4 is 5.32 Å². The molecule has 1 aliphatic carbocycles. The fourth-order valence-electron chi connectivity index (χ4n) is 3.45. The van der Waals surface area contributed by atoms with Crippen LogP contribution in [0.15, 0.2) is 48.7 Å². The lowest BCUT2D eigenvalue weighted by atomic mass is 10.1. The van der Waals surface area contributed by atoms with E-state index in [1.54, 1.807) is 6.20 Å². The molecule has 0 saturated heterocycles. The van der Waals surface area contributed by atoms with Crippen molar-refractivity contribution in [2.75, 3.05) is 5.32 Å². The fraction of sp³-hybridized carbons (Fsp3) is 0.318. The largest absolute Gasteiger partial charge is 0.322 e. The molecule has 0 unspecified atom stereocenters. The van der Waals surface area contributed by atoms with Gasteiger partial charge in [0.1, 0.15) is 0 Å². The number of anilines is 1. The van der Waals surface area contributed by atoms with Crippen LogP contribution in [-0.2, 0) is 13.6 Å². The van der Waals surface area contributed by atoms with Gasteiger partial charge in [-0.2, -0.15) is 5.10 Å². The maximum atomic E-state index is 13.0. The number of nitrogens with zero attached hydrogens (tertiary/aromatic N) is 4. The molecular weight excluding hydrogens is 350 g/mol. The minimum atomic E-state index is -0.0664. The zero-order valence-electron chi connectivity index (χ0n) is 16.5. The molecule has 144 valence electrons. The molecule has 2 heterocycles. The average Bonchev–Trinajstić information content (AvgIpc) is 3.50. The molecular formula is C22H25N5O. The third-order valence-electron chi connectivity index (χ3n) is 5.31. The first kappa shape index (κ1) is 18.2. The summed E-state index contributed by atoms with van der Waals surface area (Å²) in [6, 6.07) is 13.9. The van der Waals surface area contributed by atoms with Crippen molar-refractivity contribution in [1.82, 2.24) is 19.7 Å². The Morgan fingerprint density at radius 1 is 1.21 bits per heavy atom. The quantitative estimate of drug-likeness (QED) is 0.723. The van der Waals surface area contributed by atoms with E-state index in [4.69, 9.17) is 0 Å². The van der Waals surface area contributed by atoms with Gasteiger partial charge in [0.05, 0.1) is 17.9 Å². The molecule has 0 radical (unpaired) electrons. The van der Waals surface area contributed by atoms with Crippen molar-refractivity contribution in [1.29, 1.82) is 0 Å². The lowest BCUT2D eigenvalue weighted by Crippen LogP contribution is -2.36. The summed E-state index contributed by atoms with van der Waals surface area (Å²) in [7, 11) is 1.94. The molecule has 4 rings (SSSR count). The Bertz CT molecular complexity index is 991. The number of hydrogen-bond donors (Lipinski definition) is 1. The van der Waals surface area contributed by atoms with E-state index >= 15 is 0 Å². The number of hydrogen-bond acceptors (Lipinski definition) is 3. The summed E-state index contributed by atoms with van der Waals surface area (Å²) in [5.74, 6) is 0. The van der Waals surface area contributed by atoms with Crippen LogP contribution in [0.25, 0.3) is 11.3 Å². The average molecular weight is 375 g/mol. The topological polar surface area (TPSA) is 63.1 Å². The standard InChI is InChI=1S/C22H25N5O/c1-15-20(16(2)26(3)25-15)14-27(19-10-11-19)22(28)24-18-8-6-7-17(13-18)21-9-4-5-12-23-21/h4-9,12-13,19H,10-11,14H2,1-3H3,(H,24,28). The molecule has 28 heavy (non-hydrogen) atoms. The van der Waals surface area contributed by atoms with Gasteiger partial charge in [-0.05, 0) is 51.0 Å². The summed E-state index contributed by atoms with van der Waals surface area (Å²) in [6.45, 7) is 4.64. The second-order valence-electron chi connectivity index (χ2n) is 7.36. The molecule has 1 aliphatic rings. The first-order chi connectivity index (χ1) is 13.5. The highest BCUT2D eigenvalue weighted by Crippen LogP contribution is 2.30. The predicted molar refractivity (Wildman–Crippen MR) is 110 cm³/mol. The van der Waals surface area contributed by atoms with E-state index in [9.17, 15) is 4.79 Å². The van der Waals surface area contributed by atoms with Crippen LogP contribution >= 0.6 is 0 Å². The van der Waals surface area contributed by atoms with Crippen molar-refractivity contribution in [2.45, 2.75) is 39.3 Å². The summed E-state index contributed by atoms with van der Waals surface area (Å²) >= 11 is 0. The highest BCUT2D eigenvalue weighted by atomic mass is 16.2. The number of carbonyl (C=O) groups excluding carboxylic acids is 1. The highest BCUT2D eigenvalue weighted by Gasteiger charge is 2.33. The number of urea groups is 1. The van der Waals surface area contributed by atoms with E-state index < -0.39 is 0 Å². The second-order valence-corrected chi connectivity index (χ2v) is 7.36. The van der Waals surface area contributed by atoms with Crippen molar-refractivity contribution in [3.05, 3.63) is 65.6 Å². The summed E-state index contributed by atoms with van der Waals surface area (Å²) in [5.41, 5.74) is 5.86. The van der Waals surface area contributed by atoms with Crippen LogP contribution in [0.3, 0.4) is 0 Å². The molecule has 6 nitrogen and oxygen atoms in total. The van der Waals surface area contributed by atoms with E-state index in [-0.39, 0.29) is 6.03 Å². The van der Waals surface area contributed by atoms with Gasteiger partial charge in [0.2, 0.25) is 0 Å². The van der Waals surface area contributed by atoms with Gasteiger partial charge in [-0.3, -0.25) is 9.67 Å². The molecule has 6 heteroatoms. The van der Waals surface area contributed by atoms with Gasteiger partial charge in [0.25, 0.3) is 0 Å². The van der Waals surface area contributed by atoms with Gasteiger partial charge in [-0.15, -0.1) is 0 Å². The molecule has 3 aromatic rings. The minimum Gasteiger partial charge on any atom is -0.317 e. The number of carbonyl (C=O) groups is 1. The lowest BCUT2D eigenvalue weighted by Gasteiger charge is -2.23. The van der Waals surface area contributed by atoms with Crippen molar-refractivity contribution in [2.24, 2.45) is 7.05 Å². The van der Waals surface area contributed by atoms with Gasteiger partial charge in [-0.25, -0.2) is 4.79 Å². The third-order valence-corrected chi connectivity index (χ3v) is 5.31. The number of pyridine rings is 1. The van der Waals surface area contributed by atoms with Crippen molar-refractivity contribution < 1.29 is 4.79 Å². The Morgan fingerprint density at radius 3 is 2.68 bits per heavy atom. The Morgan fingerprint density at radius 2 is 2.04 bits per heavy atom. The van der Waals surface area contributed by atoms with Crippen LogP contribution in [0.2, 0.25) is 0 Å². The summed E-state index contributed by atoms with van der Waals surface area (Å²) in [6.07, 6.45) is 3.88. The zero-order valence-corrected chi connectivity index (χ0v) is 16.5. The van der Waals surface area contributed by atoms with Crippen LogP contribution in [0.1, 0.15) is 29.8 Å². The highest BCUT2D eigenvalue weighted by molar-refractivity contribution is 5.90.